The standard InChI is InChI=1S/C38H71NO8/c1-3-5-7-9-11-12-13-14-15-16-17-18-19-20-21-22-24-26-28-34(42)39-31(32(41)27-25-23-10-8-6-4-2)30-46-38-37(45)36(44)35(43)33(29-40)47-38/h15-16,25,27,31-33,35-38,40-41,43-45H,3-14,17-24,26,28-30H2,1-2H3,(H,39,42)/b16-15-,27-25+. The molecule has 7 unspecified atom stereocenters. The average Bonchev–Trinajstić information content (AvgIpc) is 3.07. The second-order valence-corrected chi connectivity index (χ2v) is 13.4. The van der Waals surface area contributed by atoms with Crippen LogP contribution >= 0.6 is 0 Å². The molecule has 0 radical (unpaired) electrons. The Labute approximate surface area is 286 Å². The van der Waals surface area contributed by atoms with Gasteiger partial charge >= 0.3 is 0 Å². The fraction of sp³-hybridized carbons (Fsp3) is 0.868. The Hall–Kier alpha value is -1.33. The number of ether oxygens (including phenoxy) is 2. The van der Waals surface area contributed by atoms with Gasteiger partial charge in [-0.25, -0.2) is 0 Å². The first-order valence-corrected chi connectivity index (χ1v) is 19.1. The Kier molecular flexibility index (Phi) is 27.5. The molecule has 0 saturated carbocycles. The quantitative estimate of drug-likeness (QED) is 0.0381. The highest BCUT2D eigenvalue weighted by Gasteiger charge is 2.44. The van der Waals surface area contributed by atoms with Gasteiger partial charge in [-0.2, -0.15) is 0 Å². The van der Waals surface area contributed by atoms with E-state index in [0.29, 0.717) is 6.42 Å². The van der Waals surface area contributed by atoms with E-state index in [1.807, 2.05) is 6.08 Å². The van der Waals surface area contributed by atoms with E-state index in [2.05, 4.69) is 31.3 Å². The number of amides is 1. The maximum absolute atomic E-state index is 12.8. The predicted molar refractivity (Wildman–Crippen MR) is 189 cm³/mol. The molecule has 1 amide bonds. The van der Waals surface area contributed by atoms with Crippen molar-refractivity contribution >= 4 is 5.91 Å². The van der Waals surface area contributed by atoms with Crippen molar-refractivity contribution in [2.24, 2.45) is 0 Å². The number of nitrogens with one attached hydrogen (secondary N) is 1. The second-order valence-electron chi connectivity index (χ2n) is 13.4. The molecule has 6 N–H and O–H groups in total. The zero-order chi connectivity index (χ0) is 34.5. The van der Waals surface area contributed by atoms with Crippen molar-refractivity contribution in [3.63, 3.8) is 0 Å². The van der Waals surface area contributed by atoms with E-state index in [4.69, 9.17) is 9.47 Å². The molecule has 1 aliphatic heterocycles. The van der Waals surface area contributed by atoms with Crippen LogP contribution in [0.1, 0.15) is 155 Å². The summed E-state index contributed by atoms with van der Waals surface area (Å²) in [7, 11) is 0. The van der Waals surface area contributed by atoms with Crippen molar-refractivity contribution in [2.45, 2.75) is 198 Å². The lowest BCUT2D eigenvalue weighted by Crippen LogP contribution is -2.60. The van der Waals surface area contributed by atoms with Crippen LogP contribution in [0.4, 0.5) is 0 Å². The number of aliphatic hydroxyl groups is 5. The van der Waals surface area contributed by atoms with Gasteiger partial charge in [-0.05, 0) is 44.9 Å². The van der Waals surface area contributed by atoms with Crippen LogP contribution in [0.25, 0.3) is 0 Å². The molecular weight excluding hydrogens is 598 g/mol. The molecule has 1 rings (SSSR count). The predicted octanol–water partition coefficient (Wildman–Crippen LogP) is 6.38. The van der Waals surface area contributed by atoms with Gasteiger partial charge in [0.05, 0.1) is 25.4 Å². The first kappa shape index (κ1) is 43.7. The molecule has 0 bridgehead atoms. The first-order chi connectivity index (χ1) is 22.8. The summed E-state index contributed by atoms with van der Waals surface area (Å²) in [5.41, 5.74) is 0. The lowest BCUT2D eigenvalue weighted by molar-refractivity contribution is -0.302. The molecule has 47 heavy (non-hydrogen) atoms. The van der Waals surface area contributed by atoms with Crippen molar-refractivity contribution in [2.75, 3.05) is 13.2 Å². The molecule has 0 aromatic rings. The normalized spacial score (nSPS) is 23.1. The molecule has 0 aromatic heterocycles. The van der Waals surface area contributed by atoms with Gasteiger partial charge in [0.15, 0.2) is 6.29 Å². The van der Waals surface area contributed by atoms with E-state index >= 15 is 0 Å². The van der Waals surface area contributed by atoms with Crippen molar-refractivity contribution in [3.05, 3.63) is 24.3 Å². The Morgan fingerprint density at radius 2 is 1.19 bits per heavy atom. The van der Waals surface area contributed by atoms with Gasteiger partial charge in [0, 0.05) is 6.42 Å². The fourth-order valence-corrected chi connectivity index (χ4v) is 5.85. The number of hydrogen-bond acceptors (Lipinski definition) is 8. The smallest absolute Gasteiger partial charge is 0.220 e. The molecule has 0 aliphatic carbocycles. The number of unbranched alkanes of at least 4 members (excludes halogenated alkanes) is 18. The zero-order valence-electron chi connectivity index (χ0n) is 29.8. The summed E-state index contributed by atoms with van der Waals surface area (Å²) in [4.78, 5) is 12.8. The molecule has 9 heteroatoms. The van der Waals surface area contributed by atoms with E-state index in [9.17, 15) is 30.3 Å². The Morgan fingerprint density at radius 1 is 0.702 bits per heavy atom. The zero-order valence-corrected chi connectivity index (χ0v) is 29.8. The van der Waals surface area contributed by atoms with Gasteiger partial charge in [-0.1, -0.05) is 128 Å². The van der Waals surface area contributed by atoms with Crippen LogP contribution < -0.4 is 5.32 Å². The number of carbonyl (C=O) groups is 1. The molecule has 9 nitrogen and oxygen atoms in total. The highest BCUT2D eigenvalue weighted by molar-refractivity contribution is 5.76. The summed E-state index contributed by atoms with van der Waals surface area (Å²) < 4.78 is 11.1. The monoisotopic (exact) mass is 670 g/mol. The van der Waals surface area contributed by atoms with E-state index in [0.717, 1.165) is 51.4 Å². The van der Waals surface area contributed by atoms with Crippen LogP contribution in [0, 0.1) is 0 Å². The lowest BCUT2D eigenvalue weighted by atomic mass is 9.99. The first-order valence-electron chi connectivity index (χ1n) is 19.1. The molecule has 0 aromatic carbocycles. The molecule has 7 atom stereocenters. The number of aliphatic hydroxyl groups excluding tert-OH is 5. The van der Waals surface area contributed by atoms with Gasteiger partial charge in [-0.3, -0.25) is 4.79 Å². The van der Waals surface area contributed by atoms with E-state index in [-0.39, 0.29) is 12.5 Å². The maximum Gasteiger partial charge on any atom is 0.220 e. The Balaban J connectivity index is 2.32. The largest absolute Gasteiger partial charge is 0.394 e. The molecule has 1 fully saturated rings. The van der Waals surface area contributed by atoms with Gasteiger partial charge in [0.1, 0.15) is 24.4 Å². The van der Waals surface area contributed by atoms with Crippen molar-refractivity contribution in [1.82, 2.24) is 5.32 Å². The molecule has 1 heterocycles. The van der Waals surface area contributed by atoms with Gasteiger partial charge < -0.3 is 40.3 Å². The second kappa shape index (κ2) is 29.6. The van der Waals surface area contributed by atoms with E-state index in [1.165, 1.54) is 83.5 Å². The van der Waals surface area contributed by atoms with Crippen LogP contribution in [-0.4, -0.2) is 87.5 Å². The van der Waals surface area contributed by atoms with Crippen molar-refractivity contribution in [3.8, 4) is 0 Å². The summed E-state index contributed by atoms with van der Waals surface area (Å²) in [6.07, 6.45) is 25.4. The summed E-state index contributed by atoms with van der Waals surface area (Å²) in [5, 5.41) is 53.6. The molecule has 276 valence electrons. The van der Waals surface area contributed by atoms with E-state index in [1.54, 1.807) is 6.08 Å². The SMILES string of the molecule is CCCCCC/C=C/C(O)C(COC1OC(CO)C(O)C(O)C1O)NC(=O)CCCCCCCCC/C=C\CCCCCCCCC. The topological polar surface area (TPSA) is 149 Å². The highest BCUT2D eigenvalue weighted by atomic mass is 16.7. The van der Waals surface area contributed by atoms with Crippen LogP contribution in [-0.2, 0) is 14.3 Å². The molecule has 0 spiro atoms. The number of rotatable bonds is 30. The number of hydrogen-bond donors (Lipinski definition) is 6. The molecule has 1 saturated heterocycles. The minimum atomic E-state index is -1.56. The summed E-state index contributed by atoms with van der Waals surface area (Å²) >= 11 is 0. The maximum atomic E-state index is 12.8. The van der Waals surface area contributed by atoms with Gasteiger partial charge in [0.25, 0.3) is 0 Å². The van der Waals surface area contributed by atoms with Crippen molar-refractivity contribution in [1.29, 1.82) is 0 Å². The van der Waals surface area contributed by atoms with Gasteiger partial charge in [0.2, 0.25) is 5.91 Å². The Bertz CT molecular complexity index is 792. The third-order valence-electron chi connectivity index (χ3n) is 9.02. The van der Waals surface area contributed by atoms with E-state index < -0.39 is 49.5 Å². The summed E-state index contributed by atoms with van der Waals surface area (Å²) in [6, 6.07) is -0.800. The van der Waals surface area contributed by atoms with Gasteiger partial charge in [-0.15, -0.1) is 0 Å². The number of allylic oxidation sites excluding steroid dienone is 3. The Morgan fingerprint density at radius 3 is 1.74 bits per heavy atom. The van der Waals surface area contributed by atoms with Crippen LogP contribution in [0.5, 0.6) is 0 Å². The third-order valence-corrected chi connectivity index (χ3v) is 9.02. The third kappa shape index (κ3) is 21.4. The molecular formula is C38H71NO8. The van der Waals surface area contributed by atoms with Crippen LogP contribution in [0.15, 0.2) is 24.3 Å². The molecule has 1 aliphatic rings. The average molecular weight is 670 g/mol. The lowest BCUT2D eigenvalue weighted by Gasteiger charge is -2.40. The summed E-state index contributed by atoms with van der Waals surface area (Å²) in [5.74, 6) is -0.189. The van der Waals surface area contributed by atoms with Crippen molar-refractivity contribution < 1.29 is 39.8 Å². The fourth-order valence-electron chi connectivity index (χ4n) is 5.85. The number of carbonyl (C=O) groups excluding carboxylic acids is 1. The summed E-state index contributed by atoms with van der Waals surface area (Å²) in [6.45, 7) is 3.66. The highest BCUT2D eigenvalue weighted by Crippen LogP contribution is 2.22. The van der Waals surface area contributed by atoms with Crippen LogP contribution in [0.2, 0.25) is 0 Å². The minimum Gasteiger partial charge on any atom is -0.394 e. The van der Waals surface area contributed by atoms with Crippen LogP contribution in [0.3, 0.4) is 0 Å². The minimum absolute atomic E-state index is 0.189.